The monoisotopic (exact) mass is 378 g/mol. The normalized spacial score (nSPS) is 14.8. The molecule has 5 nitrogen and oxygen atoms in total. The summed E-state index contributed by atoms with van der Waals surface area (Å²) in [4.78, 5) is 36.5. The number of benzene rings is 2. The van der Waals surface area contributed by atoms with Gasteiger partial charge in [-0.2, -0.15) is 0 Å². The molecule has 0 aromatic heterocycles. The Morgan fingerprint density at radius 2 is 1.39 bits per heavy atom. The first kappa shape index (κ1) is 19.8. The third-order valence-electron chi connectivity index (χ3n) is 5.13. The van der Waals surface area contributed by atoms with Crippen molar-refractivity contribution in [2.45, 2.75) is 51.5 Å². The molecule has 2 aromatic carbocycles. The van der Waals surface area contributed by atoms with Gasteiger partial charge in [0.05, 0.1) is 0 Å². The first-order valence-corrected chi connectivity index (χ1v) is 9.86. The number of hydrogen-bond donors (Lipinski definition) is 2. The van der Waals surface area contributed by atoms with Gasteiger partial charge in [-0.25, -0.2) is 0 Å². The van der Waals surface area contributed by atoms with E-state index in [0.29, 0.717) is 22.4 Å². The highest BCUT2D eigenvalue weighted by Crippen LogP contribution is 2.18. The molecule has 0 aliphatic heterocycles. The summed E-state index contributed by atoms with van der Waals surface area (Å²) < 4.78 is 0. The highest BCUT2D eigenvalue weighted by atomic mass is 16.2. The van der Waals surface area contributed by atoms with E-state index in [1.807, 2.05) is 0 Å². The summed E-state index contributed by atoms with van der Waals surface area (Å²) in [6, 6.07) is 13.7. The van der Waals surface area contributed by atoms with Gasteiger partial charge < -0.3 is 10.6 Å². The molecule has 0 atom stereocenters. The second kappa shape index (κ2) is 9.31. The average molecular weight is 378 g/mol. The van der Waals surface area contributed by atoms with E-state index < -0.39 is 0 Å². The maximum Gasteiger partial charge on any atom is 0.255 e. The van der Waals surface area contributed by atoms with Crippen molar-refractivity contribution in [2.75, 3.05) is 5.32 Å². The predicted octanol–water partition coefficient (Wildman–Crippen LogP) is 4.59. The lowest BCUT2D eigenvalue weighted by molar-refractivity contribution is 0.0932. The smallest absolute Gasteiger partial charge is 0.255 e. The van der Waals surface area contributed by atoms with Gasteiger partial charge in [0.25, 0.3) is 11.8 Å². The number of ketones is 1. The molecule has 0 saturated heterocycles. The Bertz CT molecular complexity index is 850. The molecule has 2 aromatic rings. The van der Waals surface area contributed by atoms with Crippen LogP contribution in [-0.4, -0.2) is 23.6 Å². The second-order valence-electron chi connectivity index (χ2n) is 7.33. The highest BCUT2D eigenvalue weighted by molar-refractivity contribution is 6.06. The van der Waals surface area contributed by atoms with Crippen LogP contribution in [0.3, 0.4) is 0 Å². The first-order valence-electron chi connectivity index (χ1n) is 9.86. The van der Waals surface area contributed by atoms with Crippen molar-refractivity contribution in [2.24, 2.45) is 0 Å². The number of rotatable bonds is 5. The van der Waals surface area contributed by atoms with E-state index in [1.54, 1.807) is 48.5 Å². The highest BCUT2D eigenvalue weighted by Gasteiger charge is 2.17. The van der Waals surface area contributed by atoms with Gasteiger partial charge in [-0.1, -0.05) is 31.7 Å². The van der Waals surface area contributed by atoms with Crippen LogP contribution in [0.5, 0.6) is 0 Å². The zero-order valence-electron chi connectivity index (χ0n) is 16.2. The summed E-state index contributed by atoms with van der Waals surface area (Å²) in [7, 11) is 0. The molecule has 0 spiro atoms. The maximum absolute atomic E-state index is 12.6. The van der Waals surface area contributed by atoms with Crippen molar-refractivity contribution < 1.29 is 14.4 Å². The molecule has 28 heavy (non-hydrogen) atoms. The summed E-state index contributed by atoms with van der Waals surface area (Å²) in [6.45, 7) is 1.50. The third kappa shape index (κ3) is 5.28. The van der Waals surface area contributed by atoms with E-state index in [1.165, 1.54) is 19.8 Å². The number of amides is 2. The van der Waals surface area contributed by atoms with Crippen molar-refractivity contribution in [1.29, 1.82) is 0 Å². The Morgan fingerprint density at radius 1 is 0.786 bits per heavy atom. The Kier molecular flexibility index (Phi) is 6.58. The number of Topliss-reactive ketones (excluding diaryl/α,β-unsaturated/α-hetero) is 1. The fourth-order valence-corrected chi connectivity index (χ4v) is 3.49. The number of anilines is 1. The van der Waals surface area contributed by atoms with Gasteiger partial charge in [0, 0.05) is 28.4 Å². The van der Waals surface area contributed by atoms with E-state index in [4.69, 9.17) is 0 Å². The molecule has 0 bridgehead atoms. The lowest BCUT2D eigenvalue weighted by Gasteiger charge is -2.16. The quantitative estimate of drug-likeness (QED) is 0.590. The summed E-state index contributed by atoms with van der Waals surface area (Å²) >= 11 is 0. The predicted molar refractivity (Wildman–Crippen MR) is 110 cm³/mol. The Labute approximate surface area is 165 Å². The zero-order valence-corrected chi connectivity index (χ0v) is 16.2. The molecule has 146 valence electrons. The molecule has 2 N–H and O–H groups in total. The molecule has 3 rings (SSSR count). The molecular weight excluding hydrogens is 352 g/mol. The minimum absolute atomic E-state index is 0.0229. The molecule has 0 radical (unpaired) electrons. The van der Waals surface area contributed by atoms with Crippen LogP contribution in [0, 0.1) is 0 Å². The third-order valence-corrected chi connectivity index (χ3v) is 5.13. The molecule has 1 fully saturated rings. The van der Waals surface area contributed by atoms with Crippen LogP contribution in [-0.2, 0) is 0 Å². The molecular formula is C23H26N2O3. The SMILES string of the molecule is CC(=O)c1ccc(NC(=O)c2cccc(C(=O)NC3CCCCCC3)c2)cc1. The summed E-state index contributed by atoms with van der Waals surface area (Å²) in [5.74, 6) is -0.447. The Balaban J connectivity index is 1.65. The molecule has 2 amide bonds. The van der Waals surface area contributed by atoms with Gasteiger partial charge in [0.1, 0.15) is 0 Å². The van der Waals surface area contributed by atoms with Crippen LogP contribution in [0.1, 0.15) is 76.5 Å². The number of carbonyl (C=O) groups excluding carboxylic acids is 3. The van der Waals surface area contributed by atoms with Crippen LogP contribution in [0.25, 0.3) is 0 Å². The van der Waals surface area contributed by atoms with Crippen LogP contribution < -0.4 is 10.6 Å². The number of nitrogens with one attached hydrogen (secondary N) is 2. The van der Waals surface area contributed by atoms with Gasteiger partial charge in [-0.15, -0.1) is 0 Å². The van der Waals surface area contributed by atoms with Gasteiger partial charge in [0.15, 0.2) is 5.78 Å². The van der Waals surface area contributed by atoms with Crippen LogP contribution in [0.2, 0.25) is 0 Å². The standard InChI is InChI=1S/C23H26N2O3/c1-16(26)17-11-13-21(14-12-17)25-23(28)19-8-6-7-18(15-19)22(27)24-20-9-4-2-3-5-10-20/h6-8,11-15,20H,2-5,9-10H2,1H3,(H,24,27)(H,25,28). The van der Waals surface area contributed by atoms with E-state index in [0.717, 1.165) is 25.7 Å². The molecule has 1 saturated carbocycles. The Hall–Kier alpha value is -2.95. The minimum atomic E-state index is -0.292. The largest absolute Gasteiger partial charge is 0.349 e. The van der Waals surface area contributed by atoms with Crippen LogP contribution in [0.4, 0.5) is 5.69 Å². The fraction of sp³-hybridized carbons (Fsp3) is 0.348. The summed E-state index contributed by atoms with van der Waals surface area (Å²) in [5.41, 5.74) is 2.10. The molecule has 1 aliphatic carbocycles. The minimum Gasteiger partial charge on any atom is -0.349 e. The van der Waals surface area contributed by atoms with Crippen LogP contribution >= 0.6 is 0 Å². The molecule has 1 aliphatic rings. The molecule has 0 heterocycles. The van der Waals surface area contributed by atoms with Gasteiger partial charge in [-0.3, -0.25) is 14.4 Å². The number of carbonyl (C=O) groups is 3. The zero-order chi connectivity index (χ0) is 19.9. The summed E-state index contributed by atoms with van der Waals surface area (Å²) in [6.07, 6.45) is 6.79. The van der Waals surface area contributed by atoms with Crippen molar-refractivity contribution >= 4 is 23.3 Å². The lowest BCUT2D eigenvalue weighted by atomic mass is 10.1. The van der Waals surface area contributed by atoms with E-state index >= 15 is 0 Å². The fourth-order valence-electron chi connectivity index (χ4n) is 3.49. The van der Waals surface area contributed by atoms with Crippen molar-refractivity contribution in [1.82, 2.24) is 5.32 Å². The first-order chi connectivity index (χ1) is 13.5. The van der Waals surface area contributed by atoms with E-state index in [2.05, 4.69) is 10.6 Å². The lowest BCUT2D eigenvalue weighted by Crippen LogP contribution is -2.34. The van der Waals surface area contributed by atoms with Crippen molar-refractivity contribution in [3.63, 3.8) is 0 Å². The second-order valence-corrected chi connectivity index (χ2v) is 7.33. The molecule has 5 heteroatoms. The van der Waals surface area contributed by atoms with Crippen molar-refractivity contribution in [3.05, 3.63) is 65.2 Å². The van der Waals surface area contributed by atoms with Gasteiger partial charge in [-0.05, 0) is 62.2 Å². The van der Waals surface area contributed by atoms with Crippen molar-refractivity contribution in [3.8, 4) is 0 Å². The topological polar surface area (TPSA) is 75.3 Å². The van der Waals surface area contributed by atoms with Gasteiger partial charge in [0.2, 0.25) is 0 Å². The maximum atomic E-state index is 12.6. The van der Waals surface area contributed by atoms with E-state index in [9.17, 15) is 14.4 Å². The van der Waals surface area contributed by atoms with E-state index in [-0.39, 0.29) is 23.6 Å². The van der Waals surface area contributed by atoms with Crippen LogP contribution in [0.15, 0.2) is 48.5 Å². The Morgan fingerprint density at radius 3 is 2.00 bits per heavy atom. The summed E-state index contributed by atoms with van der Waals surface area (Å²) in [5, 5.41) is 5.90. The average Bonchev–Trinajstić information content (AvgIpc) is 2.97. The molecule has 0 unspecified atom stereocenters. The van der Waals surface area contributed by atoms with Gasteiger partial charge >= 0.3 is 0 Å². The number of hydrogen-bond acceptors (Lipinski definition) is 3.